The number of benzene rings is 1. The summed E-state index contributed by atoms with van der Waals surface area (Å²) >= 11 is 0. The van der Waals surface area contributed by atoms with Crippen molar-refractivity contribution in [2.45, 2.75) is 12.0 Å². The van der Waals surface area contributed by atoms with Crippen molar-refractivity contribution in [1.82, 2.24) is 0 Å². The Balaban J connectivity index is 2.19. The summed E-state index contributed by atoms with van der Waals surface area (Å²) < 4.78 is 10.1. The van der Waals surface area contributed by atoms with Gasteiger partial charge in [-0.05, 0) is 5.56 Å². The lowest BCUT2D eigenvalue weighted by Gasteiger charge is -2.28. The van der Waals surface area contributed by atoms with Gasteiger partial charge >= 0.3 is 0 Å². The number of ketones is 1. The van der Waals surface area contributed by atoms with E-state index in [1.807, 2.05) is 42.5 Å². The van der Waals surface area contributed by atoms with E-state index in [0.717, 1.165) is 5.56 Å². The quantitative estimate of drug-likeness (QED) is 0.903. The lowest BCUT2D eigenvalue weighted by Crippen LogP contribution is -2.34. The fraction of sp³-hybridized carbons (Fsp3) is 0.235. The average Bonchev–Trinajstić information content (AvgIpc) is 2.50. The van der Waals surface area contributed by atoms with Crippen LogP contribution in [0.4, 0.5) is 0 Å². The van der Waals surface area contributed by atoms with E-state index >= 15 is 0 Å². The smallest absolute Gasteiger partial charge is 0.223 e. The SMILES string of the molecule is COC1=CC(O)(CC=Cc2ccccc2)C(OC)=CC1=O. The van der Waals surface area contributed by atoms with Crippen LogP contribution in [0.2, 0.25) is 0 Å². The molecule has 1 N–H and O–H groups in total. The first-order valence-electron chi connectivity index (χ1n) is 6.60. The van der Waals surface area contributed by atoms with Gasteiger partial charge in [-0.1, -0.05) is 42.5 Å². The van der Waals surface area contributed by atoms with Gasteiger partial charge < -0.3 is 14.6 Å². The highest BCUT2D eigenvalue weighted by Gasteiger charge is 2.36. The maximum absolute atomic E-state index is 11.7. The van der Waals surface area contributed by atoms with Gasteiger partial charge in [0.2, 0.25) is 5.78 Å². The van der Waals surface area contributed by atoms with E-state index in [2.05, 4.69) is 0 Å². The summed E-state index contributed by atoms with van der Waals surface area (Å²) in [4.78, 5) is 11.7. The van der Waals surface area contributed by atoms with Crippen LogP contribution in [0.3, 0.4) is 0 Å². The molecule has 110 valence electrons. The number of rotatable bonds is 5. The molecule has 4 nitrogen and oxygen atoms in total. The molecular formula is C17H18O4. The zero-order chi connectivity index (χ0) is 15.3. The van der Waals surface area contributed by atoms with Crippen molar-refractivity contribution in [3.05, 3.63) is 65.6 Å². The summed E-state index contributed by atoms with van der Waals surface area (Å²) in [7, 11) is 2.83. The molecule has 1 atom stereocenters. The van der Waals surface area contributed by atoms with Crippen LogP contribution >= 0.6 is 0 Å². The number of aliphatic hydroxyl groups is 1. The van der Waals surface area contributed by atoms with Crippen LogP contribution in [-0.4, -0.2) is 30.7 Å². The second-order valence-electron chi connectivity index (χ2n) is 4.73. The molecule has 0 spiro atoms. The fourth-order valence-electron chi connectivity index (χ4n) is 2.17. The van der Waals surface area contributed by atoms with Crippen molar-refractivity contribution in [2.75, 3.05) is 14.2 Å². The van der Waals surface area contributed by atoms with Crippen LogP contribution in [0.5, 0.6) is 0 Å². The Morgan fingerprint density at radius 3 is 2.52 bits per heavy atom. The summed E-state index contributed by atoms with van der Waals surface area (Å²) in [6, 6.07) is 9.76. The van der Waals surface area contributed by atoms with E-state index < -0.39 is 5.60 Å². The number of carbonyl (C=O) groups excluding carboxylic acids is 1. The molecule has 4 heteroatoms. The van der Waals surface area contributed by atoms with Crippen molar-refractivity contribution in [1.29, 1.82) is 0 Å². The second-order valence-corrected chi connectivity index (χ2v) is 4.73. The minimum Gasteiger partial charge on any atom is -0.498 e. The third-order valence-corrected chi connectivity index (χ3v) is 3.28. The first-order chi connectivity index (χ1) is 10.1. The Labute approximate surface area is 124 Å². The van der Waals surface area contributed by atoms with Gasteiger partial charge in [0.25, 0.3) is 0 Å². The Morgan fingerprint density at radius 2 is 1.90 bits per heavy atom. The van der Waals surface area contributed by atoms with Crippen LogP contribution in [0, 0.1) is 0 Å². The number of allylic oxidation sites excluding steroid dienone is 1. The van der Waals surface area contributed by atoms with Gasteiger partial charge in [0.05, 0.1) is 14.2 Å². The molecule has 0 amide bonds. The molecular weight excluding hydrogens is 268 g/mol. The largest absolute Gasteiger partial charge is 0.498 e. The van der Waals surface area contributed by atoms with Gasteiger partial charge in [-0.3, -0.25) is 4.79 Å². The van der Waals surface area contributed by atoms with E-state index in [-0.39, 0.29) is 23.7 Å². The Morgan fingerprint density at radius 1 is 1.19 bits per heavy atom. The number of ether oxygens (including phenoxy) is 2. The van der Waals surface area contributed by atoms with E-state index in [0.29, 0.717) is 0 Å². The lowest BCUT2D eigenvalue weighted by molar-refractivity contribution is -0.115. The normalized spacial score (nSPS) is 22.0. The van der Waals surface area contributed by atoms with Crippen LogP contribution in [0.25, 0.3) is 6.08 Å². The highest BCUT2D eigenvalue weighted by molar-refractivity contribution is 6.04. The molecule has 1 aromatic rings. The molecule has 0 fully saturated rings. The van der Waals surface area contributed by atoms with E-state index in [4.69, 9.17) is 9.47 Å². The van der Waals surface area contributed by atoms with Gasteiger partial charge in [0, 0.05) is 18.6 Å². The van der Waals surface area contributed by atoms with Crippen molar-refractivity contribution < 1.29 is 19.4 Å². The molecule has 1 aliphatic carbocycles. The maximum Gasteiger partial charge on any atom is 0.223 e. The third kappa shape index (κ3) is 3.41. The molecule has 0 radical (unpaired) electrons. The molecule has 1 aromatic carbocycles. The van der Waals surface area contributed by atoms with E-state index in [1.165, 1.54) is 26.4 Å². The van der Waals surface area contributed by atoms with Crippen molar-refractivity contribution in [3.63, 3.8) is 0 Å². The van der Waals surface area contributed by atoms with Crippen molar-refractivity contribution in [2.24, 2.45) is 0 Å². The molecule has 0 saturated carbocycles. The minimum atomic E-state index is -1.38. The standard InChI is InChI=1S/C17H18O4/c1-20-15-12-17(19,16(21-2)11-14(15)18)10-6-9-13-7-4-3-5-8-13/h3-9,11-12,19H,10H2,1-2H3. The van der Waals surface area contributed by atoms with E-state index in [9.17, 15) is 9.90 Å². The molecule has 1 aliphatic rings. The third-order valence-electron chi connectivity index (χ3n) is 3.28. The van der Waals surface area contributed by atoms with Crippen molar-refractivity contribution in [3.8, 4) is 0 Å². The summed E-state index contributed by atoms with van der Waals surface area (Å²) in [5, 5.41) is 10.7. The molecule has 1 unspecified atom stereocenters. The van der Waals surface area contributed by atoms with Gasteiger partial charge in [-0.25, -0.2) is 0 Å². The number of methoxy groups -OCH3 is 2. The average molecular weight is 286 g/mol. The van der Waals surface area contributed by atoms with Gasteiger partial charge in [-0.2, -0.15) is 0 Å². The summed E-state index contributed by atoms with van der Waals surface area (Å²) in [6.45, 7) is 0. The topological polar surface area (TPSA) is 55.8 Å². The number of hydrogen-bond donors (Lipinski definition) is 1. The molecule has 2 rings (SSSR count). The number of carbonyl (C=O) groups is 1. The minimum absolute atomic E-state index is 0.117. The molecule has 0 aliphatic heterocycles. The first-order valence-corrected chi connectivity index (χ1v) is 6.60. The molecule has 0 bridgehead atoms. The first kappa shape index (κ1) is 15.1. The monoisotopic (exact) mass is 286 g/mol. The van der Waals surface area contributed by atoms with Crippen molar-refractivity contribution >= 4 is 11.9 Å². The zero-order valence-corrected chi connectivity index (χ0v) is 12.1. The van der Waals surface area contributed by atoms with Crippen LogP contribution in [0.15, 0.2) is 60.1 Å². The predicted molar refractivity (Wildman–Crippen MR) is 80.2 cm³/mol. The molecule has 0 saturated heterocycles. The highest BCUT2D eigenvalue weighted by atomic mass is 16.5. The predicted octanol–water partition coefficient (Wildman–Crippen LogP) is 2.46. The number of hydrogen-bond acceptors (Lipinski definition) is 4. The van der Waals surface area contributed by atoms with Gasteiger partial charge in [-0.15, -0.1) is 0 Å². The Hall–Kier alpha value is -2.33. The highest BCUT2D eigenvalue weighted by Crippen LogP contribution is 2.30. The van der Waals surface area contributed by atoms with Crippen LogP contribution in [0.1, 0.15) is 12.0 Å². The maximum atomic E-state index is 11.7. The molecule has 21 heavy (non-hydrogen) atoms. The fourth-order valence-corrected chi connectivity index (χ4v) is 2.17. The Kier molecular flexibility index (Phi) is 4.60. The molecule has 0 heterocycles. The Bertz CT molecular complexity index is 598. The zero-order valence-electron chi connectivity index (χ0n) is 12.1. The summed E-state index contributed by atoms with van der Waals surface area (Å²) in [5.74, 6) is 0.0171. The summed E-state index contributed by atoms with van der Waals surface area (Å²) in [6.07, 6.45) is 6.67. The van der Waals surface area contributed by atoms with Crippen LogP contribution < -0.4 is 0 Å². The molecule has 0 aromatic heterocycles. The van der Waals surface area contributed by atoms with E-state index in [1.54, 1.807) is 0 Å². The summed E-state index contributed by atoms with van der Waals surface area (Å²) in [5.41, 5.74) is -0.342. The lowest BCUT2D eigenvalue weighted by atomic mass is 9.90. The van der Waals surface area contributed by atoms with Crippen LogP contribution in [-0.2, 0) is 14.3 Å². The van der Waals surface area contributed by atoms with Gasteiger partial charge in [0.15, 0.2) is 5.76 Å². The second kappa shape index (κ2) is 6.41. The van der Waals surface area contributed by atoms with Gasteiger partial charge in [0.1, 0.15) is 11.4 Å².